The lowest BCUT2D eigenvalue weighted by Crippen LogP contribution is -2.21. The minimum absolute atomic E-state index is 0.00531. The molecule has 0 amide bonds. The number of nitrogens with one attached hydrogen (secondary N) is 1. The van der Waals surface area contributed by atoms with Crippen LogP contribution in [0.15, 0.2) is 18.3 Å². The fourth-order valence-corrected chi connectivity index (χ4v) is 1.17. The molecule has 1 unspecified atom stereocenters. The maximum atomic E-state index is 9.10. The molecule has 0 saturated carbocycles. The van der Waals surface area contributed by atoms with Crippen molar-refractivity contribution < 1.29 is 14.9 Å². The van der Waals surface area contributed by atoms with Crippen molar-refractivity contribution in [2.45, 2.75) is 6.10 Å². The predicted molar refractivity (Wildman–Crippen MR) is 52.5 cm³/mol. The van der Waals surface area contributed by atoms with Gasteiger partial charge in [-0.1, -0.05) is 0 Å². The Morgan fingerprint density at radius 3 is 3.20 bits per heavy atom. The van der Waals surface area contributed by atoms with Gasteiger partial charge < -0.3 is 14.9 Å². The van der Waals surface area contributed by atoms with Crippen molar-refractivity contribution in [2.75, 3.05) is 13.2 Å². The highest BCUT2D eigenvalue weighted by Crippen LogP contribution is 2.19. The average Bonchev–Trinajstić information content (AvgIpc) is 2.69. The topological polar surface area (TPSA) is 91.3 Å². The molecule has 0 spiro atoms. The van der Waals surface area contributed by atoms with Gasteiger partial charge >= 0.3 is 0 Å². The molecule has 3 N–H and O–H groups in total. The summed E-state index contributed by atoms with van der Waals surface area (Å²) in [5.74, 6) is 0.380. The maximum absolute atomic E-state index is 9.10. The van der Waals surface area contributed by atoms with E-state index in [0.717, 1.165) is 5.39 Å². The van der Waals surface area contributed by atoms with Crippen molar-refractivity contribution in [3.63, 3.8) is 0 Å². The maximum Gasteiger partial charge on any atom is 0.242 e. The molecule has 2 aromatic rings. The smallest absolute Gasteiger partial charge is 0.242 e. The van der Waals surface area contributed by atoms with Gasteiger partial charge in [0.2, 0.25) is 5.88 Å². The standard InChI is InChI=1S/C9H11N3O3/c13-4-6(14)5-15-9-7-2-1-3-10-8(7)11-12-9/h1-3,6,13-14H,4-5H2,(H,10,11,12). The monoisotopic (exact) mass is 209 g/mol. The molecular formula is C9H11N3O3. The van der Waals surface area contributed by atoms with Gasteiger partial charge in [-0.05, 0) is 12.1 Å². The first-order chi connectivity index (χ1) is 7.31. The minimum atomic E-state index is -0.895. The quantitative estimate of drug-likeness (QED) is 0.642. The molecule has 2 heterocycles. The number of ether oxygens (including phenoxy) is 1. The van der Waals surface area contributed by atoms with Gasteiger partial charge in [-0.3, -0.25) is 5.10 Å². The molecule has 0 fully saturated rings. The van der Waals surface area contributed by atoms with Crippen LogP contribution >= 0.6 is 0 Å². The van der Waals surface area contributed by atoms with E-state index in [2.05, 4.69) is 15.2 Å². The summed E-state index contributed by atoms with van der Waals surface area (Å²) in [5, 5.41) is 25.1. The molecule has 6 nitrogen and oxygen atoms in total. The summed E-state index contributed by atoms with van der Waals surface area (Å²) >= 11 is 0. The number of pyridine rings is 1. The van der Waals surface area contributed by atoms with Crippen LogP contribution in [-0.4, -0.2) is 44.7 Å². The first-order valence-electron chi connectivity index (χ1n) is 4.52. The summed E-state index contributed by atoms with van der Waals surface area (Å²) in [6.45, 7) is -0.327. The van der Waals surface area contributed by atoms with Gasteiger partial charge in [0.05, 0.1) is 12.0 Å². The predicted octanol–water partition coefficient (Wildman–Crippen LogP) is -0.310. The fraction of sp³-hybridized carbons (Fsp3) is 0.333. The van der Waals surface area contributed by atoms with Crippen molar-refractivity contribution in [1.82, 2.24) is 15.2 Å². The Morgan fingerprint density at radius 2 is 2.40 bits per heavy atom. The average molecular weight is 209 g/mol. The normalized spacial score (nSPS) is 12.9. The largest absolute Gasteiger partial charge is 0.473 e. The van der Waals surface area contributed by atoms with Crippen LogP contribution in [0.2, 0.25) is 0 Å². The summed E-state index contributed by atoms with van der Waals surface area (Å²) < 4.78 is 5.22. The lowest BCUT2D eigenvalue weighted by atomic mass is 10.3. The molecule has 0 aromatic carbocycles. The minimum Gasteiger partial charge on any atom is -0.473 e. The van der Waals surface area contributed by atoms with Crippen LogP contribution in [-0.2, 0) is 0 Å². The molecule has 2 aromatic heterocycles. The number of aromatic amines is 1. The lowest BCUT2D eigenvalue weighted by Gasteiger charge is -2.06. The summed E-state index contributed by atoms with van der Waals surface area (Å²) in [5.41, 5.74) is 0.631. The van der Waals surface area contributed by atoms with Crippen LogP contribution in [0, 0.1) is 0 Å². The van der Waals surface area contributed by atoms with E-state index in [0.29, 0.717) is 11.5 Å². The molecule has 0 radical (unpaired) electrons. The number of H-pyrrole nitrogens is 1. The van der Waals surface area contributed by atoms with E-state index in [9.17, 15) is 0 Å². The van der Waals surface area contributed by atoms with Gasteiger partial charge in [0.15, 0.2) is 5.65 Å². The molecule has 15 heavy (non-hydrogen) atoms. The number of nitrogens with zero attached hydrogens (tertiary/aromatic N) is 2. The van der Waals surface area contributed by atoms with Gasteiger partial charge in [0.25, 0.3) is 0 Å². The molecule has 1 atom stereocenters. The Bertz CT molecular complexity index is 443. The van der Waals surface area contributed by atoms with Crippen LogP contribution in [0.3, 0.4) is 0 Å². The summed E-state index contributed by atoms with van der Waals surface area (Å²) in [6.07, 6.45) is 0.751. The first kappa shape index (κ1) is 9.88. The molecule has 80 valence electrons. The highest BCUT2D eigenvalue weighted by molar-refractivity contribution is 5.80. The molecule has 0 aliphatic heterocycles. The highest BCUT2D eigenvalue weighted by atomic mass is 16.5. The summed E-state index contributed by atoms with van der Waals surface area (Å²) in [4.78, 5) is 4.04. The number of fused-ring (bicyclic) bond motifs is 1. The van der Waals surface area contributed by atoms with Crippen molar-refractivity contribution in [2.24, 2.45) is 0 Å². The summed E-state index contributed by atoms with van der Waals surface area (Å²) in [7, 11) is 0. The highest BCUT2D eigenvalue weighted by Gasteiger charge is 2.09. The first-order valence-corrected chi connectivity index (χ1v) is 4.52. The lowest BCUT2D eigenvalue weighted by molar-refractivity contribution is 0.0526. The van der Waals surface area contributed by atoms with Crippen molar-refractivity contribution in [3.05, 3.63) is 18.3 Å². The number of hydrogen-bond donors (Lipinski definition) is 3. The third-order valence-corrected chi connectivity index (χ3v) is 1.92. The van der Waals surface area contributed by atoms with Crippen molar-refractivity contribution >= 4 is 11.0 Å². The van der Waals surface area contributed by atoms with Crippen LogP contribution in [0.1, 0.15) is 0 Å². The molecule has 0 saturated heterocycles. The molecule has 6 heteroatoms. The zero-order valence-electron chi connectivity index (χ0n) is 7.92. The van der Waals surface area contributed by atoms with Crippen LogP contribution in [0.25, 0.3) is 11.0 Å². The third-order valence-electron chi connectivity index (χ3n) is 1.92. The van der Waals surface area contributed by atoms with Crippen molar-refractivity contribution in [3.8, 4) is 5.88 Å². The van der Waals surface area contributed by atoms with Crippen LogP contribution < -0.4 is 4.74 Å². The van der Waals surface area contributed by atoms with E-state index in [1.165, 1.54) is 0 Å². The van der Waals surface area contributed by atoms with Crippen LogP contribution in [0.5, 0.6) is 5.88 Å². The van der Waals surface area contributed by atoms with E-state index < -0.39 is 6.10 Å². The third kappa shape index (κ3) is 2.05. The number of aliphatic hydroxyl groups excluding tert-OH is 2. The molecule has 0 bridgehead atoms. The van der Waals surface area contributed by atoms with Gasteiger partial charge in [0, 0.05) is 6.20 Å². The number of hydrogen-bond acceptors (Lipinski definition) is 5. The van der Waals surface area contributed by atoms with Gasteiger partial charge in [-0.2, -0.15) is 0 Å². The van der Waals surface area contributed by atoms with Crippen molar-refractivity contribution in [1.29, 1.82) is 0 Å². The van der Waals surface area contributed by atoms with E-state index >= 15 is 0 Å². The number of aromatic nitrogens is 3. The Balaban J connectivity index is 2.14. The number of rotatable bonds is 4. The number of aliphatic hydroxyl groups is 2. The fourth-order valence-electron chi connectivity index (χ4n) is 1.17. The van der Waals surface area contributed by atoms with Gasteiger partial charge in [-0.15, -0.1) is 5.10 Å². The van der Waals surface area contributed by atoms with Gasteiger partial charge in [-0.25, -0.2) is 4.98 Å². The summed E-state index contributed by atoms with van der Waals surface area (Å²) in [6, 6.07) is 3.58. The van der Waals surface area contributed by atoms with E-state index in [1.54, 1.807) is 12.3 Å². The second-order valence-corrected chi connectivity index (χ2v) is 3.08. The Kier molecular flexibility index (Phi) is 2.79. The Morgan fingerprint density at radius 1 is 1.53 bits per heavy atom. The molecule has 0 aliphatic rings. The second kappa shape index (κ2) is 4.24. The molecule has 2 rings (SSSR count). The zero-order chi connectivity index (χ0) is 10.7. The SMILES string of the molecule is OCC(O)COc1n[nH]c2ncccc12. The van der Waals surface area contributed by atoms with Crippen LogP contribution in [0.4, 0.5) is 0 Å². The Labute approximate surface area is 85.5 Å². The molecular weight excluding hydrogens is 198 g/mol. The van der Waals surface area contributed by atoms with Gasteiger partial charge in [0.1, 0.15) is 12.7 Å². The van der Waals surface area contributed by atoms with E-state index in [4.69, 9.17) is 14.9 Å². The van der Waals surface area contributed by atoms with E-state index in [1.807, 2.05) is 6.07 Å². The zero-order valence-corrected chi connectivity index (χ0v) is 7.92. The Hall–Kier alpha value is -1.66. The van der Waals surface area contributed by atoms with E-state index in [-0.39, 0.29) is 13.2 Å². The second-order valence-electron chi connectivity index (χ2n) is 3.08. The molecule has 0 aliphatic carbocycles.